The average molecular weight is 542 g/mol. The number of ether oxygens (including phenoxy) is 1. The van der Waals surface area contributed by atoms with Crippen LogP contribution in [0, 0.1) is 11.3 Å². The standard InChI is InChI=1S/C25H26F3N9O2/c1-35-9-11-36(12-10-35)16-4-6-19(39-25(26,27)28)18(13-16)32-24-31-14-15-3-5-17-21(23(30)38)34-37(8-2-7-29)22(17)20(15)33-24/h4,6,13-14H,2-3,5,8-12H2,1H3,(H2,30,38)(H,31,32,33). The van der Waals surface area contributed by atoms with Crippen LogP contribution >= 0.6 is 0 Å². The lowest BCUT2D eigenvalue weighted by atomic mass is 9.93. The number of nitrogens with zero attached hydrogens (tertiary/aromatic N) is 7. The van der Waals surface area contributed by atoms with Crippen LogP contribution in [-0.2, 0) is 19.4 Å². The zero-order valence-corrected chi connectivity index (χ0v) is 21.1. The van der Waals surface area contributed by atoms with Gasteiger partial charge in [0.2, 0.25) is 5.95 Å². The van der Waals surface area contributed by atoms with Gasteiger partial charge in [0.05, 0.1) is 36.1 Å². The maximum Gasteiger partial charge on any atom is 0.573 e. The quantitative estimate of drug-likeness (QED) is 0.462. The second-order valence-electron chi connectivity index (χ2n) is 9.38. The summed E-state index contributed by atoms with van der Waals surface area (Å²) in [7, 11) is 2.02. The van der Waals surface area contributed by atoms with E-state index in [-0.39, 0.29) is 30.3 Å². The molecule has 2 aromatic heterocycles. The highest BCUT2D eigenvalue weighted by Gasteiger charge is 2.33. The van der Waals surface area contributed by atoms with E-state index in [0.29, 0.717) is 29.8 Å². The highest BCUT2D eigenvalue weighted by atomic mass is 19.4. The third kappa shape index (κ3) is 5.58. The van der Waals surface area contributed by atoms with Gasteiger partial charge in [-0.2, -0.15) is 10.4 Å². The first kappa shape index (κ1) is 26.2. The number of piperazine rings is 1. The van der Waals surface area contributed by atoms with Gasteiger partial charge in [-0.05, 0) is 43.7 Å². The van der Waals surface area contributed by atoms with Gasteiger partial charge in [-0.3, -0.25) is 9.48 Å². The highest BCUT2D eigenvalue weighted by molar-refractivity contribution is 5.94. The van der Waals surface area contributed by atoms with E-state index in [0.717, 1.165) is 37.4 Å². The summed E-state index contributed by atoms with van der Waals surface area (Å²) in [6.07, 6.45) is -2.15. The van der Waals surface area contributed by atoms with Gasteiger partial charge in [0, 0.05) is 43.6 Å². The number of hydrogen-bond donors (Lipinski definition) is 2. The summed E-state index contributed by atoms with van der Waals surface area (Å²) in [4.78, 5) is 25.2. The Morgan fingerprint density at radius 3 is 2.69 bits per heavy atom. The number of amides is 1. The fraction of sp³-hybridized carbons (Fsp3) is 0.400. The van der Waals surface area contributed by atoms with Gasteiger partial charge >= 0.3 is 6.36 Å². The number of alkyl halides is 3. The fourth-order valence-electron chi connectivity index (χ4n) is 4.84. The Balaban J connectivity index is 1.53. The van der Waals surface area contributed by atoms with Crippen molar-refractivity contribution in [3.8, 4) is 23.2 Å². The van der Waals surface area contributed by atoms with E-state index in [1.807, 2.05) is 7.05 Å². The molecule has 0 saturated carbocycles. The zero-order chi connectivity index (χ0) is 27.7. The number of rotatable bonds is 7. The van der Waals surface area contributed by atoms with E-state index in [9.17, 15) is 18.0 Å². The molecule has 3 aromatic rings. The molecule has 11 nitrogen and oxygen atoms in total. The molecule has 39 heavy (non-hydrogen) atoms. The number of aryl methyl sites for hydroxylation is 2. The second kappa shape index (κ2) is 10.4. The second-order valence-corrected chi connectivity index (χ2v) is 9.38. The minimum Gasteiger partial charge on any atom is -0.404 e. The minimum atomic E-state index is -4.89. The first-order valence-electron chi connectivity index (χ1n) is 12.4. The number of likely N-dealkylation sites (N-methyl/N-ethyl adjacent to an activating group) is 1. The molecule has 3 heterocycles. The Bertz CT molecular complexity index is 1440. The number of halogens is 3. The predicted molar refractivity (Wildman–Crippen MR) is 136 cm³/mol. The van der Waals surface area contributed by atoms with Gasteiger partial charge in [0.25, 0.3) is 5.91 Å². The van der Waals surface area contributed by atoms with Gasteiger partial charge in [-0.25, -0.2) is 9.97 Å². The van der Waals surface area contributed by atoms with Crippen LogP contribution in [0.4, 0.5) is 30.5 Å². The molecule has 1 saturated heterocycles. The summed E-state index contributed by atoms with van der Waals surface area (Å²) in [5, 5.41) is 16.3. The Morgan fingerprint density at radius 1 is 1.23 bits per heavy atom. The van der Waals surface area contributed by atoms with Crippen LogP contribution < -0.4 is 20.7 Å². The molecule has 1 aromatic carbocycles. The van der Waals surface area contributed by atoms with Crippen LogP contribution in [0.15, 0.2) is 24.4 Å². The molecule has 0 spiro atoms. The molecule has 1 fully saturated rings. The minimum absolute atomic E-state index is 0.0396. The SMILES string of the molecule is CN1CCN(c2ccc(OC(F)(F)F)c(Nc3ncc4c(n3)-c3c(c(C(N)=O)nn3CCC#N)CC4)c2)CC1. The Kier molecular flexibility index (Phi) is 7.00. The number of anilines is 3. The summed E-state index contributed by atoms with van der Waals surface area (Å²) in [5.74, 6) is -1.07. The van der Waals surface area contributed by atoms with E-state index in [1.54, 1.807) is 18.3 Å². The Hall–Kier alpha value is -4.38. The normalized spacial score (nSPS) is 15.3. The van der Waals surface area contributed by atoms with Crippen LogP contribution in [0.25, 0.3) is 11.4 Å². The van der Waals surface area contributed by atoms with E-state index in [4.69, 9.17) is 11.0 Å². The van der Waals surface area contributed by atoms with Gasteiger partial charge < -0.3 is 25.6 Å². The Labute approximate surface area is 222 Å². The van der Waals surface area contributed by atoms with Gasteiger partial charge in [-0.1, -0.05) is 0 Å². The summed E-state index contributed by atoms with van der Waals surface area (Å²) < 4.78 is 45.4. The number of nitriles is 1. The molecule has 204 valence electrons. The molecule has 1 amide bonds. The molecule has 1 aliphatic heterocycles. The fourth-order valence-corrected chi connectivity index (χ4v) is 4.84. The van der Waals surface area contributed by atoms with Gasteiger partial charge in [0.15, 0.2) is 11.4 Å². The zero-order valence-electron chi connectivity index (χ0n) is 21.1. The van der Waals surface area contributed by atoms with Crippen LogP contribution in [0.1, 0.15) is 28.0 Å². The van der Waals surface area contributed by atoms with Crippen molar-refractivity contribution in [3.05, 3.63) is 41.2 Å². The molecule has 0 unspecified atom stereocenters. The number of nitrogens with two attached hydrogens (primary N) is 1. The molecule has 2 aliphatic rings. The largest absolute Gasteiger partial charge is 0.573 e. The number of carbonyl (C=O) groups excluding carboxylic acids is 1. The number of aromatic nitrogens is 4. The molecule has 0 bridgehead atoms. The van der Waals surface area contributed by atoms with Crippen molar-refractivity contribution in [2.24, 2.45) is 5.73 Å². The smallest absolute Gasteiger partial charge is 0.404 e. The molecule has 1 aliphatic carbocycles. The lowest BCUT2D eigenvalue weighted by molar-refractivity contribution is -0.274. The van der Waals surface area contributed by atoms with Crippen molar-refractivity contribution in [2.45, 2.75) is 32.2 Å². The average Bonchev–Trinajstić information content (AvgIpc) is 3.27. The monoisotopic (exact) mass is 541 g/mol. The number of benzene rings is 1. The van der Waals surface area contributed by atoms with Crippen molar-refractivity contribution in [3.63, 3.8) is 0 Å². The maximum absolute atomic E-state index is 13.2. The lowest BCUT2D eigenvalue weighted by Gasteiger charge is -2.34. The van der Waals surface area contributed by atoms with Crippen molar-refractivity contribution in [1.29, 1.82) is 5.26 Å². The molecular weight excluding hydrogens is 515 g/mol. The number of primary amides is 1. The van der Waals surface area contributed by atoms with Crippen molar-refractivity contribution in [1.82, 2.24) is 24.6 Å². The number of nitrogens with one attached hydrogen (secondary N) is 1. The first-order chi connectivity index (χ1) is 18.6. The van der Waals surface area contributed by atoms with E-state index >= 15 is 0 Å². The molecule has 5 rings (SSSR count). The molecular formula is C25H26F3N9O2. The van der Waals surface area contributed by atoms with Crippen molar-refractivity contribution < 1.29 is 22.7 Å². The molecule has 3 N–H and O–H groups in total. The van der Waals surface area contributed by atoms with E-state index < -0.39 is 18.0 Å². The summed E-state index contributed by atoms with van der Waals surface area (Å²) in [6, 6.07) is 6.51. The van der Waals surface area contributed by atoms with Crippen LogP contribution in [0.3, 0.4) is 0 Å². The van der Waals surface area contributed by atoms with Crippen LogP contribution in [-0.4, -0.2) is 70.1 Å². The summed E-state index contributed by atoms with van der Waals surface area (Å²) >= 11 is 0. The predicted octanol–water partition coefficient (Wildman–Crippen LogP) is 2.85. The highest BCUT2D eigenvalue weighted by Crippen LogP contribution is 2.38. The molecule has 0 radical (unpaired) electrons. The summed E-state index contributed by atoms with van der Waals surface area (Å²) in [5.41, 5.74) is 8.86. The molecule has 14 heteroatoms. The molecule has 0 atom stereocenters. The topological polar surface area (TPSA) is 138 Å². The van der Waals surface area contributed by atoms with E-state index in [1.165, 1.54) is 10.7 Å². The number of hydrogen-bond acceptors (Lipinski definition) is 9. The third-order valence-corrected chi connectivity index (χ3v) is 6.76. The third-order valence-electron chi connectivity index (χ3n) is 6.76. The van der Waals surface area contributed by atoms with Gasteiger partial charge in [0.1, 0.15) is 0 Å². The number of carbonyl (C=O) groups is 1. The van der Waals surface area contributed by atoms with E-state index in [2.05, 4.69) is 41.0 Å². The first-order valence-corrected chi connectivity index (χ1v) is 12.4. The van der Waals surface area contributed by atoms with Crippen LogP contribution in [0.5, 0.6) is 5.75 Å². The number of fused-ring (bicyclic) bond motifs is 3. The lowest BCUT2D eigenvalue weighted by Crippen LogP contribution is -2.44. The summed E-state index contributed by atoms with van der Waals surface area (Å²) in [6.45, 7) is 3.32. The van der Waals surface area contributed by atoms with Gasteiger partial charge in [-0.15, -0.1) is 13.2 Å². The van der Waals surface area contributed by atoms with Crippen molar-refractivity contribution >= 4 is 23.2 Å². The van der Waals surface area contributed by atoms with Crippen LogP contribution in [0.2, 0.25) is 0 Å². The Morgan fingerprint density at radius 2 is 2.00 bits per heavy atom. The maximum atomic E-state index is 13.2. The van der Waals surface area contributed by atoms with Crippen molar-refractivity contribution in [2.75, 3.05) is 43.4 Å².